The molecule has 0 radical (unpaired) electrons. The first kappa shape index (κ1) is 21.9. The van der Waals surface area contributed by atoms with Gasteiger partial charge in [0.25, 0.3) is 10.0 Å². The number of aromatic hydroxyl groups is 1. The van der Waals surface area contributed by atoms with Crippen LogP contribution < -0.4 is 15.5 Å². The third-order valence-corrected chi connectivity index (χ3v) is 6.42. The van der Waals surface area contributed by atoms with Gasteiger partial charge in [0.15, 0.2) is 5.75 Å². The molecule has 2 amide bonds. The van der Waals surface area contributed by atoms with Crippen LogP contribution in [0.1, 0.15) is 6.42 Å². The fourth-order valence-electron chi connectivity index (χ4n) is 2.48. The number of hydrogen-bond donors (Lipinski definition) is 4. The average molecular weight is 482 g/mol. The summed E-state index contributed by atoms with van der Waals surface area (Å²) in [7, 11) is -4.28. The Bertz CT molecular complexity index is 1050. The predicted octanol–water partition coefficient (Wildman–Crippen LogP) is 3.83. The summed E-state index contributed by atoms with van der Waals surface area (Å²) in [4.78, 5) is 18.9. The van der Waals surface area contributed by atoms with Crippen LogP contribution in [0.4, 0.5) is 16.2 Å². The molecule has 0 unspecified atom stereocenters. The van der Waals surface area contributed by atoms with Crippen molar-refractivity contribution in [2.75, 3.05) is 23.8 Å². The first-order valence-corrected chi connectivity index (χ1v) is 10.8. The number of amides is 2. The Morgan fingerprint density at radius 1 is 1.07 bits per heavy atom. The van der Waals surface area contributed by atoms with Crippen LogP contribution in [-0.2, 0) is 14.9 Å². The molecule has 2 aromatic carbocycles. The van der Waals surface area contributed by atoms with Crippen LogP contribution in [0.25, 0.3) is 0 Å². The van der Waals surface area contributed by atoms with Crippen LogP contribution in [0, 0.1) is 0 Å². The summed E-state index contributed by atoms with van der Waals surface area (Å²) in [5.74, 6) is -0.739. The number of phenolic OH excluding ortho intramolecular Hbond substituents is 1. The number of hydrazine groups is 1. The number of phenols is 1. The Hall–Kier alpha value is -1.79. The number of nitrogens with one attached hydrogen (secondary N) is 3. The van der Waals surface area contributed by atoms with Crippen molar-refractivity contribution in [3.8, 4) is 5.75 Å². The third-order valence-electron chi connectivity index (χ3n) is 3.77. The van der Waals surface area contributed by atoms with Crippen molar-refractivity contribution in [3.05, 3.63) is 45.4 Å². The van der Waals surface area contributed by atoms with Gasteiger partial charge in [-0.2, -0.15) is 0 Å². The van der Waals surface area contributed by atoms with Gasteiger partial charge in [-0.3, -0.25) is 4.84 Å². The first-order chi connectivity index (χ1) is 13.7. The minimum absolute atomic E-state index is 0.128. The van der Waals surface area contributed by atoms with E-state index in [4.69, 9.17) is 39.6 Å². The molecule has 29 heavy (non-hydrogen) atoms. The SMILES string of the molecule is O=C(Nc1ccc(Cl)c(S(=O)(=O)NN2CCCO2)c1O)Nc1cccc(Cl)c1Cl. The molecule has 1 saturated heterocycles. The van der Waals surface area contributed by atoms with Crippen LogP contribution in [-0.4, -0.2) is 37.9 Å². The second-order valence-corrected chi connectivity index (χ2v) is 8.63. The van der Waals surface area contributed by atoms with Gasteiger partial charge in [0.05, 0.1) is 33.0 Å². The molecule has 0 saturated carbocycles. The zero-order valence-electron chi connectivity index (χ0n) is 14.6. The molecule has 9 nitrogen and oxygen atoms in total. The molecular weight excluding hydrogens is 467 g/mol. The Balaban J connectivity index is 1.82. The molecular formula is C16H15Cl3N4O5S. The van der Waals surface area contributed by atoms with Gasteiger partial charge in [0.2, 0.25) is 0 Å². The van der Waals surface area contributed by atoms with E-state index in [0.717, 1.165) is 5.17 Å². The molecule has 13 heteroatoms. The van der Waals surface area contributed by atoms with Crippen molar-refractivity contribution in [2.24, 2.45) is 0 Å². The molecule has 1 aliphatic heterocycles. The van der Waals surface area contributed by atoms with Gasteiger partial charge < -0.3 is 15.7 Å². The van der Waals surface area contributed by atoms with Crippen LogP contribution >= 0.6 is 34.8 Å². The Morgan fingerprint density at radius 3 is 2.48 bits per heavy atom. The van der Waals surface area contributed by atoms with Crippen LogP contribution in [0.3, 0.4) is 0 Å². The second kappa shape index (κ2) is 8.92. The molecule has 0 bridgehead atoms. The monoisotopic (exact) mass is 480 g/mol. The van der Waals surface area contributed by atoms with Crippen molar-refractivity contribution in [1.82, 2.24) is 10.0 Å². The van der Waals surface area contributed by atoms with Gasteiger partial charge >= 0.3 is 6.03 Å². The average Bonchev–Trinajstić information content (AvgIpc) is 3.13. The van der Waals surface area contributed by atoms with E-state index in [1.165, 1.54) is 18.2 Å². The molecule has 1 fully saturated rings. The number of rotatable bonds is 5. The van der Waals surface area contributed by atoms with Crippen molar-refractivity contribution in [1.29, 1.82) is 0 Å². The maximum atomic E-state index is 12.6. The minimum Gasteiger partial charge on any atom is -0.504 e. The van der Waals surface area contributed by atoms with Crippen LogP contribution in [0.15, 0.2) is 35.2 Å². The number of hydroxylamine groups is 1. The lowest BCUT2D eigenvalue weighted by Gasteiger charge is -2.18. The summed E-state index contributed by atoms with van der Waals surface area (Å²) in [6, 6.07) is 6.34. The second-order valence-electron chi connectivity index (χ2n) is 5.84. The number of sulfonamides is 1. The smallest absolute Gasteiger partial charge is 0.323 e. The topological polar surface area (TPSA) is 120 Å². The predicted molar refractivity (Wildman–Crippen MR) is 110 cm³/mol. The summed E-state index contributed by atoms with van der Waals surface area (Å²) in [5.41, 5.74) is 0.0404. The highest BCUT2D eigenvalue weighted by Crippen LogP contribution is 2.37. The zero-order valence-corrected chi connectivity index (χ0v) is 17.7. The van der Waals surface area contributed by atoms with Gasteiger partial charge in [-0.1, -0.05) is 40.9 Å². The van der Waals surface area contributed by atoms with E-state index in [9.17, 15) is 18.3 Å². The normalized spacial score (nSPS) is 14.7. The van der Waals surface area contributed by atoms with Gasteiger partial charge in [-0.15, -0.1) is 10.0 Å². The fraction of sp³-hybridized carbons (Fsp3) is 0.188. The number of hydrogen-bond acceptors (Lipinski definition) is 6. The van der Waals surface area contributed by atoms with Crippen molar-refractivity contribution in [3.63, 3.8) is 0 Å². The highest BCUT2D eigenvalue weighted by molar-refractivity contribution is 7.89. The number of nitrogens with zero attached hydrogens (tertiary/aromatic N) is 1. The molecule has 0 aliphatic carbocycles. The third kappa shape index (κ3) is 5.04. The molecule has 2 aromatic rings. The number of carbonyl (C=O) groups excluding carboxylic acids is 1. The Morgan fingerprint density at radius 2 is 1.79 bits per heavy atom. The van der Waals surface area contributed by atoms with E-state index >= 15 is 0 Å². The maximum Gasteiger partial charge on any atom is 0.323 e. The lowest BCUT2D eigenvalue weighted by molar-refractivity contribution is -0.129. The van der Waals surface area contributed by atoms with Crippen molar-refractivity contribution < 1.29 is 23.2 Å². The molecule has 0 atom stereocenters. The summed E-state index contributed by atoms with van der Waals surface area (Å²) in [6.07, 6.45) is 0.635. The number of halogens is 3. The number of benzene rings is 2. The van der Waals surface area contributed by atoms with Gasteiger partial charge in [-0.25, -0.2) is 13.2 Å². The van der Waals surface area contributed by atoms with Crippen molar-refractivity contribution >= 4 is 62.2 Å². The number of carbonyl (C=O) groups is 1. The molecule has 1 heterocycles. The van der Waals surface area contributed by atoms with E-state index in [1.54, 1.807) is 12.1 Å². The number of urea groups is 1. The molecule has 156 valence electrons. The largest absolute Gasteiger partial charge is 0.504 e. The molecule has 0 spiro atoms. The van der Waals surface area contributed by atoms with Crippen LogP contribution in [0.2, 0.25) is 15.1 Å². The summed E-state index contributed by atoms with van der Waals surface area (Å²) < 4.78 is 25.2. The quantitative estimate of drug-likeness (QED) is 0.482. The summed E-state index contributed by atoms with van der Waals surface area (Å²) in [6.45, 7) is 0.689. The van der Waals surface area contributed by atoms with E-state index < -0.39 is 26.7 Å². The molecule has 4 N–H and O–H groups in total. The summed E-state index contributed by atoms with van der Waals surface area (Å²) in [5, 5.41) is 16.4. The highest BCUT2D eigenvalue weighted by atomic mass is 35.5. The first-order valence-electron chi connectivity index (χ1n) is 8.15. The summed E-state index contributed by atoms with van der Waals surface area (Å²) >= 11 is 17.9. The zero-order chi connectivity index (χ0) is 21.2. The van der Waals surface area contributed by atoms with Gasteiger partial charge in [-0.05, 0) is 30.7 Å². The van der Waals surface area contributed by atoms with Crippen molar-refractivity contribution in [2.45, 2.75) is 11.3 Å². The number of anilines is 2. The standard InChI is InChI=1S/C16H15Cl3N4O5S/c17-9-3-1-4-11(13(9)19)20-16(25)21-12-6-5-10(18)15(14(12)24)29(26,27)22-23-7-2-8-28-23/h1,3-6,22,24H,2,7-8H2,(H2,20,21,25). The van der Waals surface area contributed by atoms with Crippen LogP contribution in [0.5, 0.6) is 5.75 Å². The Kier molecular flexibility index (Phi) is 6.74. The molecule has 0 aromatic heterocycles. The fourth-order valence-corrected chi connectivity index (χ4v) is 4.48. The Labute approximate surface area is 181 Å². The minimum atomic E-state index is -4.28. The molecule has 1 aliphatic rings. The van der Waals surface area contributed by atoms with E-state index in [2.05, 4.69) is 15.5 Å². The highest BCUT2D eigenvalue weighted by Gasteiger charge is 2.29. The van der Waals surface area contributed by atoms with Gasteiger partial charge in [0, 0.05) is 6.54 Å². The maximum absolute atomic E-state index is 12.6. The lowest BCUT2D eigenvalue weighted by atomic mass is 10.3. The van der Waals surface area contributed by atoms with E-state index in [1.807, 2.05) is 0 Å². The molecule has 3 rings (SSSR count). The van der Waals surface area contributed by atoms with E-state index in [-0.39, 0.29) is 26.4 Å². The lowest BCUT2D eigenvalue weighted by Crippen LogP contribution is -2.39. The van der Waals surface area contributed by atoms with Gasteiger partial charge in [0.1, 0.15) is 4.90 Å². The van der Waals surface area contributed by atoms with E-state index in [0.29, 0.717) is 19.6 Å².